The molecule has 0 aliphatic heterocycles. The van der Waals surface area contributed by atoms with Gasteiger partial charge in [-0.1, -0.05) is 6.08 Å². The molecule has 0 heterocycles. The van der Waals surface area contributed by atoms with Crippen LogP contribution in [-0.4, -0.2) is 0 Å². The number of hydrogen-bond donors (Lipinski definition) is 2. The fraction of sp³-hybridized carbons (Fsp3) is 0.111. The third-order valence-electron chi connectivity index (χ3n) is 1.69. The first-order valence-corrected chi connectivity index (χ1v) is 3.68. The van der Waals surface area contributed by atoms with Crippen LogP contribution in [0, 0.1) is 11.6 Å². The molecule has 0 fully saturated rings. The Bertz CT molecular complexity index is 337. The summed E-state index contributed by atoms with van der Waals surface area (Å²) in [6, 6.07) is 1.47. The largest absolute Gasteiger partial charge is 0.399 e. The van der Waals surface area contributed by atoms with Crippen molar-refractivity contribution in [3.8, 4) is 0 Å². The Balaban J connectivity index is 3.27. The van der Waals surface area contributed by atoms with Crippen molar-refractivity contribution in [3.05, 3.63) is 42.0 Å². The van der Waals surface area contributed by atoms with Crippen molar-refractivity contribution in [2.24, 2.45) is 5.73 Å². The molecule has 0 aromatic heterocycles. The Morgan fingerprint density at radius 3 is 2.54 bits per heavy atom. The first-order chi connectivity index (χ1) is 6.06. The standard InChI is InChI=1S/C9H10F2N2/c1-2-8(13)6-3-5(12)4-7(10)9(6)11/h2-4,8H,1,12-13H2. The van der Waals surface area contributed by atoms with Gasteiger partial charge in [0.2, 0.25) is 0 Å². The molecule has 4 N–H and O–H groups in total. The molecule has 1 aromatic carbocycles. The number of nitrogen functional groups attached to an aromatic ring is 1. The van der Waals surface area contributed by atoms with Gasteiger partial charge in [0.1, 0.15) is 0 Å². The SMILES string of the molecule is C=CC(N)c1cc(N)cc(F)c1F. The van der Waals surface area contributed by atoms with Crippen LogP contribution >= 0.6 is 0 Å². The molecular formula is C9H10F2N2. The first kappa shape index (κ1) is 9.67. The Labute approximate surface area is 74.8 Å². The van der Waals surface area contributed by atoms with Crippen LogP contribution in [0.1, 0.15) is 11.6 Å². The third kappa shape index (κ3) is 1.84. The van der Waals surface area contributed by atoms with Crippen LogP contribution in [0.5, 0.6) is 0 Å². The molecule has 70 valence electrons. The summed E-state index contributed by atoms with van der Waals surface area (Å²) in [6.45, 7) is 3.38. The molecule has 0 aliphatic rings. The normalized spacial score (nSPS) is 12.5. The van der Waals surface area contributed by atoms with Crippen molar-refractivity contribution in [2.45, 2.75) is 6.04 Å². The fourth-order valence-corrected chi connectivity index (χ4v) is 1.00. The summed E-state index contributed by atoms with van der Waals surface area (Å²) >= 11 is 0. The molecule has 2 nitrogen and oxygen atoms in total. The fourth-order valence-electron chi connectivity index (χ4n) is 1.00. The number of benzene rings is 1. The number of rotatable bonds is 2. The summed E-state index contributed by atoms with van der Waals surface area (Å²) in [5.74, 6) is -1.96. The molecule has 0 bridgehead atoms. The van der Waals surface area contributed by atoms with Gasteiger partial charge in [0.05, 0.1) is 6.04 Å². The zero-order chi connectivity index (χ0) is 10.0. The highest BCUT2D eigenvalue weighted by molar-refractivity contribution is 5.44. The molecule has 4 heteroatoms. The van der Waals surface area contributed by atoms with Crippen LogP contribution in [0.4, 0.5) is 14.5 Å². The molecule has 1 unspecified atom stereocenters. The van der Waals surface area contributed by atoms with Crippen molar-refractivity contribution in [2.75, 3.05) is 5.73 Å². The predicted molar refractivity (Wildman–Crippen MR) is 47.9 cm³/mol. The average Bonchev–Trinajstić information content (AvgIpc) is 2.10. The second kappa shape index (κ2) is 3.53. The molecule has 13 heavy (non-hydrogen) atoms. The summed E-state index contributed by atoms with van der Waals surface area (Å²) in [5, 5.41) is 0. The monoisotopic (exact) mass is 184 g/mol. The zero-order valence-electron chi connectivity index (χ0n) is 6.93. The van der Waals surface area contributed by atoms with Gasteiger partial charge in [0, 0.05) is 11.3 Å². The maximum absolute atomic E-state index is 13.1. The van der Waals surface area contributed by atoms with Gasteiger partial charge < -0.3 is 11.5 Å². The van der Waals surface area contributed by atoms with Gasteiger partial charge in [-0.3, -0.25) is 0 Å². The first-order valence-electron chi connectivity index (χ1n) is 3.68. The van der Waals surface area contributed by atoms with E-state index in [4.69, 9.17) is 11.5 Å². The lowest BCUT2D eigenvalue weighted by Crippen LogP contribution is -2.10. The van der Waals surface area contributed by atoms with Crippen LogP contribution in [0.2, 0.25) is 0 Å². The maximum Gasteiger partial charge on any atom is 0.164 e. The van der Waals surface area contributed by atoms with E-state index in [1.165, 1.54) is 12.1 Å². The van der Waals surface area contributed by atoms with Crippen LogP contribution in [0.15, 0.2) is 24.8 Å². The topological polar surface area (TPSA) is 52.0 Å². The van der Waals surface area contributed by atoms with E-state index in [1.54, 1.807) is 0 Å². The highest BCUT2D eigenvalue weighted by atomic mass is 19.2. The van der Waals surface area contributed by atoms with Gasteiger partial charge in [-0.05, 0) is 12.1 Å². The molecule has 0 radical (unpaired) electrons. The van der Waals surface area contributed by atoms with E-state index in [0.717, 1.165) is 6.07 Å². The summed E-state index contributed by atoms with van der Waals surface area (Å²) < 4.78 is 25.9. The van der Waals surface area contributed by atoms with E-state index in [2.05, 4.69) is 6.58 Å². The molecular weight excluding hydrogens is 174 g/mol. The van der Waals surface area contributed by atoms with E-state index in [-0.39, 0.29) is 11.3 Å². The Morgan fingerprint density at radius 2 is 2.00 bits per heavy atom. The molecule has 0 amide bonds. The minimum absolute atomic E-state index is 0.0208. The summed E-state index contributed by atoms with van der Waals surface area (Å²) in [5.41, 5.74) is 10.9. The quantitative estimate of drug-likeness (QED) is 0.543. The Hall–Kier alpha value is -1.42. The maximum atomic E-state index is 13.1. The van der Waals surface area contributed by atoms with E-state index >= 15 is 0 Å². The van der Waals surface area contributed by atoms with Crippen LogP contribution < -0.4 is 11.5 Å². The van der Waals surface area contributed by atoms with Crippen LogP contribution in [0.25, 0.3) is 0 Å². The molecule has 1 aromatic rings. The van der Waals surface area contributed by atoms with Crippen molar-refractivity contribution >= 4 is 5.69 Å². The summed E-state index contributed by atoms with van der Waals surface area (Å²) in [6.07, 6.45) is 1.32. The lowest BCUT2D eigenvalue weighted by Gasteiger charge is -2.09. The molecule has 1 atom stereocenters. The van der Waals surface area contributed by atoms with Gasteiger partial charge in [-0.15, -0.1) is 6.58 Å². The van der Waals surface area contributed by atoms with Crippen molar-refractivity contribution in [3.63, 3.8) is 0 Å². The molecule has 1 rings (SSSR count). The summed E-state index contributed by atoms with van der Waals surface area (Å²) in [4.78, 5) is 0. The summed E-state index contributed by atoms with van der Waals surface area (Å²) in [7, 11) is 0. The minimum atomic E-state index is -0.993. The molecule has 0 saturated carbocycles. The smallest absolute Gasteiger partial charge is 0.164 e. The third-order valence-corrected chi connectivity index (χ3v) is 1.69. The number of anilines is 1. The van der Waals surface area contributed by atoms with Crippen LogP contribution in [-0.2, 0) is 0 Å². The number of halogens is 2. The van der Waals surface area contributed by atoms with Gasteiger partial charge in [-0.25, -0.2) is 8.78 Å². The predicted octanol–water partition coefficient (Wildman–Crippen LogP) is 1.73. The second-order valence-electron chi connectivity index (χ2n) is 2.67. The molecule has 0 aliphatic carbocycles. The van der Waals surface area contributed by atoms with Crippen molar-refractivity contribution in [1.82, 2.24) is 0 Å². The molecule has 0 spiro atoms. The van der Waals surface area contributed by atoms with Gasteiger partial charge in [0.25, 0.3) is 0 Å². The van der Waals surface area contributed by atoms with Crippen molar-refractivity contribution < 1.29 is 8.78 Å². The lowest BCUT2D eigenvalue weighted by molar-refractivity contribution is 0.496. The zero-order valence-corrected chi connectivity index (χ0v) is 6.93. The Kier molecular flexibility index (Phi) is 2.63. The second-order valence-corrected chi connectivity index (χ2v) is 2.67. The van der Waals surface area contributed by atoms with Crippen LogP contribution in [0.3, 0.4) is 0 Å². The van der Waals surface area contributed by atoms with E-state index in [0.29, 0.717) is 0 Å². The average molecular weight is 184 g/mol. The minimum Gasteiger partial charge on any atom is -0.399 e. The van der Waals surface area contributed by atoms with E-state index < -0.39 is 17.7 Å². The Morgan fingerprint density at radius 1 is 1.38 bits per heavy atom. The lowest BCUT2D eigenvalue weighted by atomic mass is 10.1. The van der Waals surface area contributed by atoms with E-state index in [9.17, 15) is 8.78 Å². The number of hydrogen-bond acceptors (Lipinski definition) is 2. The number of nitrogens with two attached hydrogens (primary N) is 2. The van der Waals surface area contributed by atoms with Crippen molar-refractivity contribution in [1.29, 1.82) is 0 Å². The van der Waals surface area contributed by atoms with Gasteiger partial charge >= 0.3 is 0 Å². The van der Waals surface area contributed by atoms with Gasteiger partial charge in [-0.2, -0.15) is 0 Å². The molecule has 0 saturated heterocycles. The van der Waals surface area contributed by atoms with E-state index in [1.807, 2.05) is 0 Å². The van der Waals surface area contributed by atoms with Gasteiger partial charge in [0.15, 0.2) is 11.6 Å². The highest BCUT2D eigenvalue weighted by Gasteiger charge is 2.13. The highest BCUT2D eigenvalue weighted by Crippen LogP contribution is 2.21.